The molecule has 29 heavy (non-hydrogen) atoms. The molecule has 0 rings (SSSR count). The standard InChI is InChI=1S/C25H48O4/c1-5-7-9-11-15-23(16-13-19-24(26)18-12-10-8-6-2)17-14-20-29-25(21-27-3)22-28-4/h13-14,16,20,23-26H,5-12,15,17-19,21-22H2,1-4H3/b16-13+,20-14?. The van der Waals surface area contributed by atoms with Gasteiger partial charge in [-0.3, -0.25) is 0 Å². The minimum Gasteiger partial charge on any atom is -0.494 e. The molecule has 172 valence electrons. The Bertz CT molecular complexity index is 375. The van der Waals surface area contributed by atoms with E-state index >= 15 is 0 Å². The average molecular weight is 413 g/mol. The van der Waals surface area contributed by atoms with Gasteiger partial charge in [0.25, 0.3) is 0 Å². The van der Waals surface area contributed by atoms with Crippen LogP contribution in [0.2, 0.25) is 0 Å². The fraction of sp³-hybridized carbons (Fsp3) is 0.840. The molecule has 0 saturated carbocycles. The zero-order valence-electron chi connectivity index (χ0n) is 19.6. The molecule has 0 aromatic heterocycles. The minimum atomic E-state index is -0.202. The summed E-state index contributed by atoms with van der Waals surface area (Å²) in [5.74, 6) is 0.502. The van der Waals surface area contributed by atoms with E-state index < -0.39 is 0 Å². The van der Waals surface area contributed by atoms with Crippen LogP contribution < -0.4 is 0 Å². The van der Waals surface area contributed by atoms with Gasteiger partial charge in [-0.1, -0.05) is 77.4 Å². The summed E-state index contributed by atoms with van der Waals surface area (Å²) in [4.78, 5) is 0. The van der Waals surface area contributed by atoms with Crippen molar-refractivity contribution in [3.63, 3.8) is 0 Å². The van der Waals surface area contributed by atoms with E-state index in [1.807, 2.05) is 0 Å². The van der Waals surface area contributed by atoms with Gasteiger partial charge < -0.3 is 19.3 Å². The van der Waals surface area contributed by atoms with E-state index in [2.05, 4.69) is 32.1 Å². The number of hydrogen-bond acceptors (Lipinski definition) is 4. The van der Waals surface area contributed by atoms with E-state index in [0.29, 0.717) is 19.1 Å². The van der Waals surface area contributed by atoms with E-state index in [4.69, 9.17) is 14.2 Å². The summed E-state index contributed by atoms with van der Waals surface area (Å²) in [6.45, 7) is 5.51. The Labute approximate surface area is 180 Å². The van der Waals surface area contributed by atoms with Crippen LogP contribution in [0.1, 0.15) is 90.9 Å². The lowest BCUT2D eigenvalue weighted by Crippen LogP contribution is -2.22. The quantitative estimate of drug-likeness (QED) is 0.134. The Morgan fingerprint density at radius 3 is 1.97 bits per heavy atom. The Balaban J connectivity index is 4.38. The molecule has 0 aliphatic carbocycles. The van der Waals surface area contributed by atoms with Crippen molar-refractivity contribution in [3.8, 4) is 0 Å². The van der Waals surface area contributed by atoms with Crippen LogP contribution in [0.25, 0.3) is 0 Å². The Kier molecular flexibility index (Phi) is 21.2. The van der Waals surface area contributed by atoms with E-state index in [0.717, 1.165) is 25.7 Å². The summed E-state index contributed by atoms with van der Waals surface area (Å²) in [6, 6.07) is 0. The lowest BCUT2D eigenvalue weighted by molar-refractivity contribution is 0.000189. The molecule has 0 aliphatic heterocycles. The van der Waals surface area contributed by atoms with Crippen molar-refractivity contribution in [1.29, 1.82) is 0 Å². The summed E-state index contributed by atoms with van der Waals surface area (Å²) in [5.41, 5.74) is 0. The number of unbranched alkanes of at least 4 members (excludes halogenated alkanes) is 6. The van der Waals surface area contributed by atoms with E-state index in [-0.39, 0.29) is 12.2 Å². The van der Waals surface area contributed by atoms with Gasteiger partial charge in [-0.05, 0) is 37.7 Å². The lowest BCUT2D eigenvalue weighted by atomic mass is 9.96. The number of rotatable bonds is 21. The molecule has 1 N–H and O–H groups in total. The van der Waals surface area contributed by atoms with Crippen molar-refractivity contribution in [3.05, 3.63) is 24.5 Å². The van der Waals surface area contributed by atoms with Crippen LogP contribution >= 0.6 is 0 Å². The van der Waals surface area contributed by atoms with Crippen LogP contribution in [0.3, 0.4) is 0 Å². The molecule has 4 nitrogen and oxygen atoms in total. The van der Waals surface area contributed by atoms with Gasteiger partial charge >= 0.3 is 0 Å². The first-order valence-electron chi connectivity index (χ1n) is 11.8. The predicted molar refractivity (Wildman–Crippen MR) is 123 cm³/mol. The average Bonchev–Trinajstić information content (AvgIpc) is 2.71. The number of methoxy groups -OCH3 is 2. The van der Waals surface area contributed by atoms with Crippen LogP contribution in [0.5, 0.6) is 0 Å². The monoisotopic (exact) mass is 412 g/mol. The normalized spacial score (nSPS) is 14.3. The fourth-order valence-electron chi connectivity index (χ4n) is 3.37. The highest BCUT2D eigenvalue weighted by atomic mass is 16.5. The van der Waals surface area contributed by atoms with Gasteiger partial charge in [-0.15, -0.1) is 0 Å². The van der Waals surface area contributed by atoms with Crippen molar-refractivity contribution < 1.29 is 19.3 Å². The molecule has 0 aliphatic rings. The molecule has 0 radical (unpaired) electrons. The number of hydrogen-bond donors (Lipinski definition) is 1. The Morgan fingerprint density at radius 2 is 1.38 bits per heavy atom. The number of ether oxygens (including phenoxy) is 3. The molecule has 0 heterocycles. The first-order valence-corrected chi connectivity index (χ1v) is 11.8. The fourth-order valence-corrected chi connectivity index (χ4v) is 3.37. The number of allylic oxidation sites excluding steroid dienone is 2. The second-order valence-corrected chi connectivity index (χ2v) is 8.05. The van der Waals surface area contributed by atoms with Gasteiger partial charge in [0.05, 0.1) is 25.6 Å². The first kappa shape index (κ1) is 28.2. The third kappa shape index (κ3) is 18.9. The lowest BCUT2D eigenvalue weighted by Gasteiger charge is -2.15. The van der Waals surface area contributed by atoms with Crippen molar-refractivity contribution >= 4 is 0 Å². The zero-order valence-corrected chi connectivity index (χ0v) is 19.6. The molecule has 2 atom stereocenters. The zero-order chi connectivity index (χ0) is 21.6. The molecule has 0 saturated heterocycles. The number of aliphatic hydroxyl groups is 1. The van der Waals surface area contributed by atoms with Gasteiger partial charge in [0.15, 0.2) is 0 Å². The van der Waals surface area contributed by atoms with E-state index in [1.54, 1.807) is 20.5 Å². The highest BCUT2D eigenvalue weighted by molar-refractivity contribution is 4.93. The van der Waals surface area contributed by atoms with Crippen LogP contribution in [-0.2, 0) is 14.2 Å². The van der Waals surface area contributed by atoms with Gasteiger partial charge in [0, 0.05) is 14.2 Å². The van der Waals surface area contributed by atoms with Crippen molar-refractivity contribution in [1.82, 2.24) is 0 Å². The Morgan fingerprint density at radius 1 is 0.759 bits per heavy atom. The molecule has 0 fully saturated rings. The van der Waals surface area contributed by atoms with Crippen molar-refractivity contribution in [2.24, 2.45) is 5.92 Å². The minimum absolute atomic E-state index is 0.0670. The second kappa shape index (κ2) is 21.9. The molecule has 0 spiro atoms. The SMILES string of the molecule is CCCCCCC(O)C/C=C/C(CC=COC(COC)COC)CCCCCC. The molecule has 0 bridgehead atoms. The van der Waals surface area contributed by atoms with E-state index in [9.17, 15) is 5.11 Å². The highest BCUT2D eigenvalue weighted by Gasteiger charge is 2.08. The van der Waals surface area contributed by atoms with Crippen LogP contribution in [0.15, 0.2) is 24.5 Å². The first-order chi connectivity index (χ1) is 14.2. The molecular formula is C25H48O4. The van der Waals surface area contributed by atoms with Gasteiger partial charge in [-0.2, -0.15) is 0 Å². The van der Waals surface area contributed by atoms with Crippen LogP contribution in [-0.4, -0.2) is 44.7 Å². The summed E-state index contributed by atoms with van der Waals surface area (Å²) < 4.78 is 16.0. The maximum Gasteiger partial charge on any atom is 0.144 e. The molecule has 0 aromatic rings. The summed E-state index contributed by atoms with van der Waals surface area (Å²) in [5, 5.41) is 10.2. The maximum atomic E-state index is 10.2. The second-order valence-electron chi connectivity index (χ2n) is 8.05. The van der Waals surface area contributed by atoms with Crippen molar-refractivity contribution in [2.45, 2.75) is 103 Å². The Hall–Kier alpha value is -0.840. The van der Waals surface area contributed by atoms with Crippen LogP contribution in [0.4, 0.5) is 0 Å². The predicted octanol–water partition coefficient (Wildman–Crippen LogP) is 6.43. The van der Waals surface area contributed by atoms with Crippen LogP contribution in [0, 0.1) is 5.92 Å². The van der Waals surface area contributed by atoms with Gasteiger partial charge in [0.1, 0.15) is 6.10 Å². The summed E-state index contributed by atoms with van der Waals surface area (Å²) in [6.07, 6.45) is 21.9. The molecule has 0 aromatic carbocycles. The summed E-state index contributed by atoms with van der Waals surface area (Å²) in [7, 11) is 3.34. The van der Waals surface area contributed by atoms with Crippen molar-refractivity contribution in [2.75, 3.05) is 27.4 Å². The summed E-state index contributed by atoms with van der Waals surface area (Å²) >= 11 is 0. The molecular weight excluding hydrogens is 364 g/mol. The topological polar surface area (TPSA) is 47.9 Å². The molecule has 2 unspecified atom stereocenters. The third-order valence-electron chi connectivity index (χ3n) is 5.15. The highest BCUT2D eigenvalue weighted by Crippen LogP contribution is 2.18. The van der Waals surface area contributed by atoms with Gasteiger partial charge in [-0.25, -0.2) is 0 Å². The number of aliphatic hydroxyl groups excluding tert-OH is 1. The molecule has 0 amide bonds. The largest absolute Gasteiger partial charge is 0.494 e. The third-order valence-corrected chi connectivity index (χ3v) is 5.15. The smallest absolute Gasteiger partial charge is 0.144 e. The maximum absolute atomic E-state index is 10.2. The van der Waals surface area contributed by atoms with E-state index in [1.165, 1.54) is 51.4 Å². The molecule has 4 heteroatoms. The van der Waals surface area contributed by atoms with Gasteiger partial charge in [0.2, 0.25) is 0 Å².